The molecule has 1 atom stereocenters. The molecule has 0 saturated heterocycles. The summed E-state index contributed by atoms with van der Waals surface area (Å²) in [5, 5.41) is 9.64. The standard InChI is InChI=1S/C51H100O4/c1-3-5-7-9-11-13-15-17-19-21-23-24-25-26-27-29-31-33-35-37-39-41-43-45-47-54-49-50(48-52)55-51(53)46-44-42-40-38-36-34-32-30-28-22-20-18-16-14-12-10-8-6-4-2/h18,20,50,52H,3-17,19,21-49H2,1-2H3/b20-18-. The Morgan fingerprint density at radius 3 is 1.04 bits per heavy atom. The molecule has 0 heterocycles. The van der Waals surface area contributed by atoms with Gasteiger partial charge in [-0.15, -0.1) is 0 Å². The molecule has 4 nitrogen and oxygen atoms in total. The van der Waals surface area contributed by atoms with Gasteiger partial charge in [0.15, 0.2) is 0 Å². The monoisotopic (exact) mass is 777 g/mol. The molecule has 0 aliphatic heterocycles. The van der Waals surface area contributed by atoms with Gasteiger partial charge in [-0.25, -0.2) is 0 Å². The van der Waals surface area contributed by atoms with E-state index < -0.39 is 6.10 Å². The van der Waals surface area contributed by atoms with Crippen LogP contribution in [-0.2, 0) is 14.3 Å². The summed E-state index contributed by atoms with van der Waals surface area (Å²) in [5.74, 6) is -0.196. The Kier molecular flexibility index (Phi) is 48.5. The Bertz CT molecular complexity index is 736. The van der Waals surface area contributed by atoms with Gasteiger partial charge in [-0.3, -0.25) is 4.79 Å². The number of aliphatic hydroxyl groups is 1. The average molecular weight is 777 g/mol. The highest BCUT2D eigenvalue weighted by atomic mass is 16.6. The lowest BCUT2D eigenvalue weighted by Crippen LogP contribution is -2.27. The van der Waals surface area contributed by atoms with Crippen LogP contribution in [-0.4, -0.2) is 37.0 Å². The number of ether oxygens (including phenoxy) is 2. The third kappa shape index (κ3) is 47.4. The van der Waals surface area contributed by atoms with Crippen molar-refractivity contribution in [1.82, 2.24) is 0 Å². The van der Waals surface area contributed by atoms with Crippen molar-refractivity contribution in [1.29, 1.82) is 0 Å². The first-order valence-corrected chi connectivity index (χ1v) is 25.3. The average Bonchev–Trinajstić information content (AvgIpc) is 3.19. The second-order valence-corrected chi connectivity index (χ2v) is 17.2. The summed E-state index contributed by atoms with van der Waals surface area (Å²) in [4.78, 5) is 12.2. The molecule has 0 aromatic heterocycles. The Labute approximate surface area is 345 Å². The zero-order chi connectivity index (χ0) is 39.8. The number of carbonyl (C=O) groups is 1. The van der Waals surface area contributed by atoms with E-state index in [4.69, 9.17) is 9.47 Å². The molecule has 0 fully saturated rings. The Morgan fingerprint density at radius 1 is 0.418 bits per heavy atom. The Balaban J connectivity index is 3.34. The summed E-state index contributed by atoms with van der Waals surface area (Å²) >= 11 is 0. The van der Waals surface area contributed by atoms with Gasteiger partial charge in [-0.1, -0.05) is 251 Å². The molecule has 0 aromatic rings. The van der Waals surface area contributed by atoms with Crippen molar-refractivity contribution in [2.45, 2.75) is 290 Å². The molecule has 1 unspecified atom stereocenters. The number of hydrogen-bond acceptors (Lipinski definition) is 4. The lowest BCUT2D eigenvalue weighted by molar-refractivity contribution is -0.154. The van der Waals surface area contributed by atoms with Crippen LogP contribution in [0, 0.1) is 0 Å². The van der Waals surface area contributed by atoms with Crippen molar-refractivity contribution in [3.8, 4) is 0 Å². The highest BCUT2D eigenvalue weighted by Gasteiger charge is 2.13. The van der Waals surface area contributed by atoms with Crippen LogP contribution in [0.25, 0.3) is 0 Å². The smallest absolute Gasteiger partial charge is 0.306 e. The van der Waals surface area contributed by atoms with Crippen LogP contribution in [0.5, 0.6) is 0 Å². The molecule has 55 heavy (non-hydrogen) atoms. The fraction of sp³-hybridized carbons (Fsp3) is 0.941. The van der Waals surface area contributed by atoms with E-state index in [9.17, 15) is 9.90 Å². The van der Waals surface area contributed by atoms with Crippen molar-refractivity contribution >= 4 is 5.97 Å². The van der Waals surface area contributed by atoms with E-state index in [1.807, 2.05) is 0 Å². The van der Waals surface area contributed by atoms with Gasteiger partial charge in [0.2, 0.25) is 0 Å². The largest absolute Gasteiger partial charge is 0.457 e. The normalized spacial score (nSPS) is 12.3. The van der Waals surface area contributed by atoms with Crippen LogP contribution in [0.2, 0.25) is 0 Å². The predicted octanol–water partition coefficient (Wildman–Crippen LogP) is 16.9. The first-order valence-electron chi connectivity index (χ1n) is 25.3. The van der Waals surface area contributed by atoms with Crippen LogP contribution < -0.4 is 0 Å². The van der Waals surface area contributed by atoms with E-state index in [0.29, 0.717) is 19.6 Å². The predicted molar refractivity (Wildman–Crippen MR) is 242 cm³/mol. The third-order valence-corrected chi connectivity index (χ3v) is 11.6. The molecule has 0 aromatic carbocycles. The van der Waals surface area contributed by atoms with Crippen molar-refractivity contribution in [3.63, 3.8) is 0 Å². The quantitative estimate of drug-likeness (QED) is 0.0380. The van der Waals surface area contributed by atoms with E-state index in [1.165, 1.54) is 244 Å². The molecule has 0 rings (SSSR count). The van der Waals surface area contributed by atoms with E-state index in [-0.39, 0.29) is 12.6 Å². The fourth-order valence-electron chi connectivity index (χ4n) is 7.80. The highest BCUT2D eigenvalue weighted by molar-refractivity contribution is 5.69. The van der Waals surface area contributed by atoms with E-state index in [0.717, 1.165) is 19.3 Å². The minimum Gasteiger partial charge on any atom is -0.457 e. The maximum atomic E-state index is 12.2. The number of allylic oxidation sites excluding steroid dienone is 2. The topological polar surface area (TPSA) is 55.8 Å². The van der Waals surface area contributed by atoms with Crippen molar-refractivity contribution in [2.24, 2.45) is 0 Å². The number of carbonyl (C=O) groups excluding carboxylic acids is 1. The zero-order valence-corrected chi connectivity index (χ0v) is 37.7. The summed E-state index contributed by atoms with van der Waals surface area (Å²) in [5.41, 5.74) is 0. The Morgan fingerprint density at radius 2 is 0.709 bits per heavy atom. The second-order valence-electron chi connectivity index (χ2n) is 17.2. The highest BCUT2D eigenvalue weighted by Crippen LogP contribution is 2.17. The van der Waals surface area contributed by atoms with Gasteiger partial charge >= 0.3 is 5.97 Å². The Hall–Kier alpha value is -0.870. The van der Waals surface area contributed by atoms with Crippen LogP contribution in [0.1, 0.15) is 284 Å². The minimum absolute atomic E-state index is 0.166. The molecular formula is C51H100O4. The number of hydrogen-bond donors (Lipinski definition) is 1. The van der Waals surface area contributed by atoms with Crippen molar-refractivity contribution in [3.05, 3.63) is 12.2 Å². The molecular weight excluding hydrogens is 677 g/mol. The minimum atomic E-state index is -0.530. The van der Waals surface area contributed by atoms with Gasteiger partial charge in [0.05, 0.1) is 13.2 Å². The van der Waals surface area contributed by atoms with Gasteiger partial charge < -0.3 is 14.6 Å². The van der Waals surface area contributed by atoms with Gasteiger partial charge in [0, 0.05) is 13.0 Å². The lowest BCUT2D eigenvalue weighted by atomic mass is 10.0. The van der Waals surface area contributed by atoms with Crippen LogP contribution in [0.3, 0.4) is 0 Å². The summed E-state index contributed by atoms with van der Waals surface area (Å²) in [6.45, 7) is 5.40. The number of unbranched alkanes of at least 4 members (excludes halogenated alkanes) is 38. The molecule has 0 bridgehead atoms. The van der Waals surface area contributed by atoms with Crippen LogP contribution in [0.4, 0.5) is 0 Å². The zero-order valence-electron chi connectivity index (χ0n) is 37.7. The van der Waals surface area contributed by atoms with Gasteiger partial charge in [0.1, 0.15) is 6.10 Å². The molecule has 0 amide bonds. The molecule has 328 valence electrons. The van der Waals surface area contributed by atoms with Crippen LogP contribution >= 0.6 is 0 Å². The summed E-state index contributed by atoms with van der Waals surface area (Å²) in [7, 11) is 0. The van der Waals surface area contributed by atoms with Crippen molar-refractivity contribution < 1.29 is 19.4 Å². The molecule has 1 N–H and O–H groups in total. The summed E-state index contributed by atoms with van der Waals surface area (Å²) in [6, 6.07) is 0. The third-order valence-electron chi connectivity index (χ3n) is 11.6. The molecule has 0 radical (unpaired) electrons. The van der Waals surface area contributed by atoms with Crippen molar-refractivity contribution in [2.75, 3.05) is 19.8 Å². The first kappa shape index (κ1) is 54.1. The van der Waals surface area contributed by atoms with E-state index in [1.54, 1.807) is 0 Å². The second kappa shape index (κ2) is 49.3. The summed E-state index contributed by atoms with van der Waals surface area (Å²) in [6.07, 6.45) is 60.2. The summed E-state index contributed by atoms with van der Waals surface area (Å²) < 4.78 is 11.2. The van der Waals surface area contributed by atoms with Gasteiger partial charge in [-0.05, 0) is 38.5 Å². The molecule has 0 saturated carbocycles. The molecule has 0 spiro atoms. The van der Waals surface area contributed by atoms with Gasteiger partial charge in [0.25, 0.3) is 0 Å². The van der Waals surface area contributed by atoms with E-state index in [2.05, 4.69) is 26.0 Å². The lowest BCUT2D eigenvalue weighted by Gasteiger charge is -2.16. The van der Waals surface area contributed by atoms with Gasteiger partial charge in [-0.2, -0.15) is 0 Å². The maximum absolute atomic E-state index is 12.2. The molecule has 0 aliphatic carbocycles. The molecule has 4 heteroatoms. The number of esters is 1. The molecule has 0 aliphatic rings. The number of aliphatic hydroxyl groups excluding tert-OH is 1. The SMILES string of the molecule is CCCCCCCC/C=C\CCCCCCCCCCCC(=O)OC(CO)COCCCCCCCCCCCCCCCCCCCCCCCCCC. The van der Waals surface area contributed by atoms with Crippen LogP contribution in [0.15, 0.2) is 12.2 Å². The fourth-order valence-corrected chi connectivity index (χ4v) is 7.80. The number of rotatable bonds is 48. The van der Waals surface area contributed by atoms with E-state index >= 15 is 0 Å². The maximum Gasteiger partial charge on any atom is 0.306 e. The first-order chi connectivity index (χ1) is 27.2.